The van der Waals surface area contributed by atoms with Crippen molar-refractivity contribution in [3.05, 3.63) is 29.3 Å². The molecule has 1 aromatic carbocycles. The lowest BCUT2D eigenvalue weighted by Gasteiger charge is -2.20. The maximum atomic E-state index is 11.9. The van der Waals surface area contributed by atoms with Crippen LogP contribution in [0.2, 0.25) is 5.02 Å². The second-order valence-corrected chi connectivity index (χ2v) is 5.75. The van der Waals surface area contributed by atoms with Gasteiger partial charge in [-0.05, 0) is 31.0 Å². The summed E-state index contributed by atoms with van der Waals surface area (Å²) in [6.07, 6.45) is 2.60. The molecule has 0 radical (unpaired) electrons. The fraction of sp³-hybridized carbons (Fsp3) is 0.533. The summed E-state index contributed by atoms with van der Waals surface area (Å²) in [6, 6.07) is 7.59. The summed E-state index contributed by atoms with van der Waals surface area (Å²) >= 11 is 6.01. The van der Waals surface area contributed by atoms with Crippen molar-refractivity contribution in [3.63, 3.8) is 0 Å². The molecule has 110 valence electrons. The van der Waals surface area contributed by atoms with Gasteiger partial charge in [-0.15, -0.1) is 0 Å². The predicted octanol–water partition coefficient (Wildman–Crippen LogP) is 2.16. The first-order chi connectivity index (χ1) is 9.60. The second kappa shape index (κ2) is 6.95. The van der Waals surface area contributed by atoms with E-state index in [4.69, 9.17) is 17.3 Å². The van der Waals surface area contributed by atoms with Crippen LogP contribution in [0.15, 0.2) is 24.3 Å². The van der Waals surface area contributed by atoms with Gasteiger partial charge in [0.25, 0.3) is 0 Å². The quantitative estimate of drug-likeness (QED) is 0.875. The van der Waals surface area contributed by atoms with E-state index < -0.39 is 0 Å². The van der Waals surface area contributed by atoms with Gasteiger partial charge >= 0.3 is 0 Å². The highest BCUT2D eigenvalue weighted by atomic mass is 35.5. The number of anilines is 1. The molecule has 20 heavy (non-hydrogen) atoms. The SMILES string of the molecule is CCCC(N)C(=O)NC1CCN(c2cccc(Cl)c2)C1. The lowest BCUT2D eigenvalue weighted by atomic mass is 10.1. The number of carbonyl (C=O) groups excluding carboxylic acids is 1. The van der Waals surface area contributed by atoms with Gasteiger partial charge in [0.2, 0.25) is 5.91 Å². The standard InChI is InChI=1S/C15H22ClN3O/c1-2-4-14(17)15(20)18-12-7-8-19(10-12)13-6-3-5-11(16)9-13/h3,5-6,9,12,14H,2,4,7-8,10,17H2,1H3,(H,18,20). The van der Waals surface area contributed by atoms with Crippen LogP contribution in [0.4, 0.5) is 5.69 Å². The smallest absolute Gasteiger partial charge is 0.237 e. The molecule has 5 heteroatoms. The zero-order chi connectivity index (χ0) is 14.5. The van der Waals surface area contributed by atoms with E-state index in [1.54, 1.807) is 0 Å². The highest BCUT2D eigenvalue weighted by Crippen LogP contribution is 2.23. The third-order valence-electron chi connectivity index (χ3n) is 3.64. The van der Waals surface area contributed by atoms with Crippen molar-refractivity contribution in [1.82, 2.24) is 5.32 Å². The van der Waals surface area contributed by atoms with Crippen molar-refractivity contribution < 1.29 is 4.79 Å². The van der Waals surface area contributed by atoms with Crippen molar-refractivity contribution in [2.45, 2.75) is 38.3 Å². The van der Waals surface area contributed by atoms with Gasteiger partial charge in [-0.3, -0.25) is 4.79 Å². The second-order valence-electron chi connectivity index (χ2n) is 5.32. The summed E-state index contributed by atoms with van der Waals surface area (Å²) in [5.41, 5.74) is 6.93. The van der Waals surface area contributed by atoms with Gasteiger partial charge in [0.15, 0.2) is 0 Å². The average Bonchev–Trinajstić information content (AvgIpc) is 2.87. The van der Waals surface area contributed by atoms with Crippen molar-refractivity contribution in [3.8, 4) is 0 Å². The molecule has 2 unspecified atom stereocenters. The maximum absolute atomic E-state index is 11.9. The lowest BCUT2D eigenvalue weighted by Crippen LogP contribution is -2.46. The summed E-state index contributed by atoms with van der Waals surface area (Å²) < 4.78 is 0. The highest BCUT2D eigenvalue weighted by Gasteiger charge is 2.25. The Morgan fingerprint density at radius 2 is 2.40 bits per heavy atom. The molecule has 4 nitrogen and oxygen atoms in total. The number of rotatable bonds is 5. The number of benzene rings is 1. The number of hydrogen-bond acceptors (Lipinski definition) is 3. The molecule has 0 spiro atoms. The first-order valence-electron chi connectivity index (χ1n) is 7.16. The van der Waals surface area contributed by atoms with Crippen LogP contribution in [0.1, 0.15) is 26.2 Å². The zero-order valence-electron chi connectivity index (χ0n) is 11.8. The molecule has 1 aliphatic rings. The third-order valence-corrected chi connectivity index (χ3v) is 3.88. The molecule has 1 amide bonds. The molecule has 2 rings (SSSR count). The molecule has 0 bridgehead atoms. The molecule has 1 aromatic rings. The van der Waals surface area contributed by atoms with Crippen LogP contribution in [-0.2, 0) is 4.79 Å². The number of carbonyl (C=O) groups is 1. The maximum Gasteiger partial charge on any atom is 0.237 e. The Bertz CT molecular complexity index is 466. The van der Waals surface area contributed by atoms with Crippen LogP contribution < -0.4 is 16.0 Å². The van der Waals surface area contributed by atoms with Gasteiger partial charge in [0, 0.05) is 29.8 Å². The number of amides is 1. The van der Waals surface area contributed by atoms with Crippen molar-refractivity contribution in [2.75, 3.05) is 18.0 Å². The van der Waals surface area contributed by atoms with E-state index in [1.807, 2.05) is 31.2 Å². The topological polar surface area (TPSA) is 58.4 Å². The number of nitrogens with two attached hydrogens (primary N) is 1. The van der Waals surface area contributed by atoms with E-state index in [-0.39, 0.29) is 18.0 Å². The van der Waals surface area contributed by atoms with Gasteiger partial charge in [0.05, 0.1) is 6.04 Å². The Hall–Kier alpha value is -1.26. The molecule has 1 saturated heterocycles. The molecule has 1 heterocycles. The Kier molecular flexibility index (Phi) is 5.26. The Morgan fingerprint density at radius 1 is 1.60 bits per heavy atom. The molecule has 0 aliphatic carbocycles. The average molecular weight is 296 g/mol. The molecule has 1 fully saturated rings. The van der Waals surface area contributed by atoms with E-state index in [2.05, 4.69) is 10.2 Å². The first-order valence-corrected chi connectivity index (χ1v) is 7.54. The number of halogens is 1. The molecule has 0 aromatic heterocycles. The zero-order valence-corrected chi connectivity index (χ0v) is 12.6. The van der Waals surface area contributed by atoms with Crippen LogP contribution in [0, 0.1) is 0 Å². The van der Waals surface area contributed by atoms with Gasteiger partial charge in [-0.25, -0.2) is 0 Å². The molecular weight excluding hydrogens is 274 g/mol. The normalized spacial score (nSPS) is 19.9. The Labute approximate surface area is 125 Å². The van der Waals surface area contributed by atoms with Gasteiger partial charge in [0.1, 0.15) is 0 Å². The summed E-state index contributed by atoms with van der Waals surface area (Å²) in [6.45, 7) is 3.77. The van der Waals surface area contributed by atoms with Gasteiger partial charge in [-0.2, -0.15) is 0 Å². The largest absolute Gasteiger partial charge is 0.369 e. The Balaban J connectivity index is 1.88. The van der Waals surface area contributed by atoms with E-state index in [1.165, 1.54) is 0 Å². The van der Waals surface area contributed by atoms with Crippen molar-refractivity contribution in [2.24, 2.45) is 5.73 Å². The van der Waals surface area contributed by atoms with E-state index in [0.717, 1.165) is 43.1 Å². The first kappa shape index (κ1) is 15.1. The summed E-state index contributed by atoms with van der Waals surface area (Å²) in [7, 11) is 0. The predicted molar refractivity (Wildman–Crippen MR) is 83.1 cm³/mol. The molecule has 3 N–H and O–H groups in total. The Morgan fingerprint density at radius 3 is 3.10 bits per heavy atom. The minimum Gasteiger partial charge on any atom is -0.369 e. The number of nitrogens with one attached hydrogen (secondary N) is 1. The monoisotopic (exact) mass is 295 g/mol. The molecule has 0 saturated carbocycles. The number of nitrogens with zero attached hydrogens (tertiary/aromatic N) is 1. The van der Waals surface area contributed by atoms with Crippen LogP contribution in [0.3, 0.4) is 0 Å². The summed E-state index contributed by atoms with van der Waals surface area (Å²) in [5.74, 6) is -0.0372. The van der Waals surface area contributed by atoms with Crippen molar-refractivity contribution in [1.29, 1.82) is 0 Å². The van der Waals surface area contributed by atoms with Crippen LogP contribution in [0.25, 0.3) is 0 Å². The molecule has 1 aliphatic heterocycles. The van der Waals surface area contributed by atoms with E-state index >= 15 is 0 Å². The van der Waals surface area contributed by atoms with E-state index in [0.29, 0.717) is 0 Å². The minimum absolute atomic E-state index is 0.0372. The molecule has 2 atom stereocenters. The fourth-order valence-electron chi connectivity index (χ4n) is 2.54. The van der Waals surface area contributed by atoms with Crippen LogP contribution in [0.5, 0.6) is 0 Å². The summed E-state index contributed by atoms with van der Waals surface area (Å²) in [4.78, 5) is 14.1. The number of hydrogen-bond donors (Lipinski definition) is 2. The van der Waals surface area contributed by atoms with Gasteiger partial charge in [-0.1, -0.05) is 31.0 Å². The minimum atomic E-state index is -0.389. The van der Waals surface area contributed by atoms with Crippen molar-refractivity contribution >= 4 is 23.2 Å². The van der Waals surface area contributed by atoms with E-state index in [9.17, 15) is 4.79 Å². The van der Waals surface area contributed by atoms with Crippen LogP contribution >= 0.6 is 11.6 Å². The summed E-state index contributed by atoms with van der Waals surface area (Å²) in [5, 5.41) is 3.78. The third kappa shape index (κ3) is 3.87. The van der Waals surface area contributed by atoms with Crippen LogP contribution in [-0.4, -0.2) is 31.1 Å². The van der Waals surface area contributed by atoms with Gasteiger partial charge < -0.3 is 16.0 Å². The fourth-order valence-corrected chi connectivity index (χ4v) is 2.72. The highest BCUT2D eigenvalue weighted by molar-refractivity contribution is 6.30. The molecular formula is C15H22ClN3O. The lowest BCUT2D eigenvalue weighted by molar-refractivity contribution is -0.123.